The minimum atomic E-state index is 0.713. The predicted octanol–water partition coefficient (Wildman–Crippen LogP) is 1.40. The molecule has 0 spiro atoms. The Morgan fingerprint density at radius 1 is 0.952 bits per heavy atom. The van der Waals surface area contributed by atoms with E-state index < -0.39 is 0 Å². The van der Waals surface area contributed by atoms with Crippen molar-refractivity contribution >= 4 is 6.08 Å². The van der Waals surface area contributed by atoms with Gasteiger partial charge in [-0.3, -0.25) is 0 Å². The van der Waals surface area contributed by atoms with E-state index in [9.17, 15) is 0 Å². The number of para-hydroxylation sites is 1. The topological polar surface area (TPSA) is 60.2 Å². The summed E-state index contributed by atoms with van der Waals surface area (Å²) in [5.41, 5.74) is 2.23. The van der Waals surface area contributed by atoms with Gasteiger partial charge in [0.2, 0.25) is 0 Å². The van der Waals surface area contributed by atoms with Crippen LogP contribution in [0.4, 0.5) is 0 Å². The Morgan fingerprint density at radius 3 is 2.43 bits per heavy atom. The van der Waals surface area contributed by atoms with Crippen LogP contribution in [-0.4, -0.2) is 20.2 Å². The Bertz CT molecular complexity index is 704. The molecule has 0 bridgehead atoms. The molecule has 3 rings (SSSR count). The molecule has 1 aromatic heterocycles. The largest absolute Gasteiger partial charge is 0.316 e. The van der Waals surface area contributed by atoms with E-state index in [1.54, 1.807) is 4.68 Å². The van der Waals surface area contributed by atoms with Crippen LogP contribution in [0, 0.1) is 0 Å². The zero-order valence-corrected chi connectivity index (χ0v) is 11.5. The number of quaternary nitrogens is 1. The molecular formula is C16H16N5+. The monoisotopic (exact) mass is 278 g/mol. The van der Waals surface area contributed by atoms with E-state index in [1.165, 1.54) is 5.56 Å². The highest BCUT2D eigenvalue weighted by molar-refractivity contribution is 5.42. The highest BCUT2D eigenvalue weighted by Gasteiger charge is 2.04. The third-order valence-corrected chi connectivity index (χ3v) is 3.07. The minimum absolute atomic E-state index is 0.713. The first-order chi connectivity index (χ1) is 10.4. The molecule has 0 radical (unpaired) electrons. The smallest absolute Gasteiger partial charge is 0.185 e. The second-order valence-corrected chi connectivity index (χ2v) is 4.57. The summed E-state index contributed by atoms with van der Waals surface area (Å²) in [4.78, 5) is 0. The Kier molecular flexibility index (Phi) is 4.14. The summed E-state index contributed by atoms with van der Waals surface area (Å²) < 4.78 is 1.72. The van der Waals surface area contributed by atoms with Crippen LogP contribution in [0.5, 0.6) is 0 Å². The molecule has 3 aromatic rings. The summed E-state index contributed by atoms with van der Waals surface area (Å²) in [6, 6.07) is 20.2. The highest BCUT2D eigenvalue weighted by Crippen LogP contribution is 2.07. The molecule has 0 atom stereocenters. The van der Waals surface area contributed by atoms with Gasteiger partial charge >= 0.3 is 0 Å². The average molecular weight is 278 g/mol. The van der Waals surface area contributed by atoms with E-state index >= 15 is 0 Å². The van der Waals surface area contributed by atoms with Crippen LogP contribution in [0.15, 0.2) is 66.9 Å². The van der Waals surface area contributed by atoms with Crippen molar-refractivity contribution < 1.29 is 5.32 Å². The zero-order valence-electron chi connectivity index (χ0n) is 11.5. The van der Waals surface area contributed by atoms with E-state index in [-0.39, 0.29) is 0 Å². The number of hydrogen-bond acceptors (Lipinski definition) is 3. The Balaban J connectivity index is 1.66. The van der Waals surface area contributed by atoms with Gasteiger partial charge in [-0.25, -0.2) is 0 Å². The van der Waals surface area contributed by atoms with Gasteiger partial charge in [0.05, 0.1) is 11.9 Å². The van der Waals surface area contributed by atoms with E-state index in [2.05, 4.69) is 33.0 Å². The van der Waals surface area contributed by atoms with Crippen molar-refractivity contribution in [3.63, 3.8) is 0 Å². The first kappa shape index (κ1) is 13.2. The van der Waals surface area contributed by atoms with E-state index in [0.717, 1.165) is 12.2 Å². The lowest BCUT2D eigenvalue weighted by molar-refractivity contribution is -0.603. The lowest BCUT2D eigenvalue weighted by Crippen LogP contribution is -2.76. The average Bonchev–Trinajstić information content (AvgIpc) is 3.02. The maximum absolute atomic E-state index is 4.03. The molecule has 0 fully saturated rings. The number of aromatic nitrogens is 4. The molecule has 21 heavy (non-hydrogen) atoms. The quantitative estimate of drug-likeness (QED) is 0.767. The number of nitrogens with zero attached hydrogens (tertiary/aromatic N) is 4. The molecule has 0 aliphatic carbocycles. The molecule has 0 amide bonds. The molecule has 0 saturated carbocycles. The summed E-state index contributed by atoms with van der Waals surface area (Å²) in [5, 5.41) is 13.9. The SMILES string of the molecule is C(=C\c1nnnn1-c1ccccc1)/[NH2+]Cc1ccccc1. The second-order valence-electron chi connectivity index (χ2n) is 4.57. The first-order valence-electron chi connectivity index (χ1n) is 6.81. The van der Waals surface area contributed by atoms with Gasteiger partial charge in [-0.1, -0.05) is 48.5 Å². The van der Waals surface area contributed by atoms with E-state index in [0.29, 0.717) is 5.82 Å². The van der Waals surface area contributed by atoms with Crippen molar-refractivity contribution in [3.05, 3.63) is 78.3 Å². The van der Waals surface area contributed by atoms with Crippen LogP contribution in [-0.2, 0) is 6.54 Å². The van der Waals surface area contributed by atoms with Crippen LogP contribution >= 0.6 is 0 Å². The van der Waals surface area contributed by atoms with Crippen molar-refractivity contribution in [2.45, 2.75) is 6.54 Å². The zero-order chi connectivity index (χ0) is 14.3. The summed E-state index contributed by atoms with van der Waals surface area (Å²) in [6.45, 7) is 0.893. The Labute approximate surface area is 122 Å². The molecular weight excluding hydrogens is 262 g/mol. The fourth-order valence-electron chi connectivity index (χ4n) is 2.02. The van der Waals surface area contributed by atoms with Crippen molar-refractivity contribution in [2.24, 2.45) is 0 Å². The maximum atomic E-state index is 4.03. The van der Waals surface area contributed by atoms with Crippen molar-refractivity contribution in [3.8, 4) is 5.69 Å². The lowest BCUT2D eigenvalue weighted by Gasteiger charge is -2.00. The summed E-state index contributed by atoms with van der Waals surface area (Å²) in [6.07, 6.45) is 3.90. The van der Waals surface area contributed by atoms with Crippen LogP contribution in [0.25, 0.3) is 11.8 Å². The number of tetrazole rings is 1. The number of rotatable bonds is 5. The third-order valence-electron chi connectivity index (χ3n) is 3.07. The molecule has 104 valence electrons. The van der Waals surface area contributed by atoms with Gasteiger partial charge in [-0.05, 0) is 22.6 Å². The van der Waals surface area contributed by atoms with E-state index in [4.69, 9.17) is 0 Å². The summed E-state index contributed by atoms with van der Waals surface area (Å²) >= 11 is 0. The molecule has 1 heterocycles. The van der Waals surface area contributed by atoms with E-state index in [1.807, 2.05) is 60.8 Å². The van der Waals surface area contributed by atoms with Crippen molar-refractivity contribution in [1.29, 1.82) is 0 Å². The normalized spacial score (nSPS) is 11.0. The molecule has 0 aliphatic heterocycles. The summed E-state index contributed by atoms with van der Waals surface area (Å²) in [7, 11) is 0. The van der Waals surface area contributed by atoms with Gasteiger partial charge in [0.1, 0.15) is 6.54 Å². The molecule has 0 aliphatic rings. The standard InChI is InChI=1S/C16H15N5/c1-3-7-14(8-4-1)13-17-12-11-16-18-19-20-21(16)15-9-5-2-6-10-15/h1-12,17H,13H2/p+1/b12-11+. The molecule has 5 heteroatoms. The van der Waals surface area contributed by atoms with Crippen LogP contribution < -0.4 is 5.32 Å². The number of hydrogen-bond donors (Lipinski definition) is 1. The van der Waals surface area contributed by atoms with Crippen LogP contribution in [0.3, 0.4) is 0 Å². The first-order valence-corrected chi connectivity index (χ1v) is 6.81. The Hall–Kier alpha value is -2.79. The lowest BCUT2D eigenvalue weighted by atomic mass is 10.2. The molecule has 0 unspecified atom stereocenters. The highest BCUT2D eigenvalue weighted by atomic mass is 15.5. The predicted molar refractivity (Wildman–Crippen MR) is 80.3 cm³/mol. The Morgan fingerprint density at radius 2 is 1.67 bits per heavy atom. The number of benzene rings is 2. The van der Waals surface area contributed by atoms with Gasteiger partial charge in [0, 0.05) is 11.6 Å². The molecule has 2 N–H and O–H groups in total. The van der Waals surface area contributed by atoms with Gasteiger partial charge in [-0.15, -0.1) is 5.10 Å². The second kappa shape index (κ2) is 6.58. The fourth-order valence-corrected chi connectivity index (χ4v) is 2.02. The van der Waals surface area contributed by atoms with Gasteiger partial charge in [0.25, 0.3) is 0 Å². The minimum Gasteiger partial charge on any atom is -0.316 e. The van der Waals surface area contributed by atoms with Crippen LogP contribution in [0.2, 0.25) is 0 Å². The van der Waals surface area contributed by atoms with Crippen molar-refractivity contribution in [1.82, 2.24) is 20.2 Å². The van der Waals surface area contributed by atoms with Crippen LogP contribution in [0.1, 0.15) is 11.4 Å². The molecule has 2 aromatic carbocycles. The summed E-state index contributed by atoms with van der Waals surface area (Å²) in [5.74, 6) is 0.713. The molecule has 0 saturated heterocycles. The fraction of sp³-hybridized carbons (Fsp3) is 0.0625. The van der Waals surface area contributed by atoms with Gasteiger partial charge in [-0.2, -0.15) is 4.68 Å². The van der Waals surface area contributed by atoms with Gasteiger partial charge < -0.3 is 5.32 Å². The molecule has 5 nitrogen and oxygen atoms in total. The number of nitrogens with two attached hydrogens (primary N) is 1. The van der Waals surface area contributed by atoms with Crippen molar-refractivity contribution in [2.75, 3.05) is 0 Å². The third kappa shape index (κ3) is 3.40. The van der Waals surface area contributed by atoms with Gasteiger partial charge in [0.15, 0.2) is 5.82 Å². The maximum Gasteiger partial charge on any atom is 0.185 e.